The van der Waals surface area contributed by atoms with Crippen LogP contribution in [0.4, 0.5) is 0 Å². The summed E-state index contributed by atoms with van der Waals surface area (Å²) in [6.07, 6.45) is 0.217. The van der Waals surface area contributed by atoms with E-state index in [1.807, 2.05) is 0 Å². The topological polar surface area (TPSA) is 83.8 Å². The van der Waals surface area contributed by atoms with Gasteiger partial charge in [-0.25, -0.2) is 9.59 Å². The van der Waals surface area contributed by atoms with E-state index in [0.717, 1.165) is 0 Å². The minimum atomic E-state index is -1.08. The van der Waals surface area contributed by atoms with Crippen LogP contribution in [0.15, 0.2) is 48.5 Å². The number of aromatic carboxylic acids is 1. The lowest BCUT2D eigenvalue weighted by atomic mass is 10.0. The van der Waals surface area contributed by atoms with Crippen molar-refractivity contribution in [2.75, 3.05) is 6.61 Å². The van der Waals surface area contributed by atoms with Crippen LogP contribution >= 0.6 is 0 Å². The zero-order chi connectivity index (χ0) is 15.2. The second-order valence-corrected chi connectivity index (χ2v) is 4.40. The van der Waals surface area contributed by atoms with Crippen molar-refractivity contribution in [3.8, 4) is 5.75 Å². The third kappa shape index (κ3) is 3.82. The van der Waals surface area contributed by atoms with Crippen LogP contribution in [0.2, 0.25) is 0 Å². The van der Waals surface area contributed by atoms with E-state index < -0.39 is 11.9 Å². The highest BCUT2D eigenvalue weighted by Crippen LogP contribution is 2.17. The van der Waals surface area contributed by atoms with E-state index in [1.54, 1.807) is 30.3 Å². The van der Waals surface area contributed by atoms with Gasteiger partial charge < -0.3 is 14.9 Å². The zero-order valence-corrected chi connectivity index (χ0v) is 11.2. The summed E-state index contributed by atoms with van der Waals surface area (Å²) >= 11 is 0. The Morgan fingerprint density at radius 1 is 1.05 bits per heavy atom. The summed E-state index contributed by atoms with van der Waals surface area (Å²) in [5, 5.41) is 18.5. The van der Waals surface area contributed by atoms with Crippen molar-refractivity contribution in [1.29, 1.82) is 0 Å². The molecule has 2 rings (SSSR count). The van der Waals surface area contributed by atoms with Crippen molar-refractivity contribution < 1.29 is 24.5 Å². The van der Waals surface area contributed by atoms with Crippen LogP contribution in [0.3, 0.4) is 0 Å². The predicted molar refractivity (Wildman–Crippen MR) is 75.5 cm³/mol. The Hall–Kier alpha value is -2.82. The Labute approximate surface area is 121 Å². The van der Waals surface area contributed by atoms with E-state index in [4.69, 9.17) is 9.84 Å². The van der Waals surface area contributed by atoms with Gasteiger partial charge in [0.2, 0.25) is 0 Å². The van der Waals surface area contributed by atoms with Crippen molar-refractivity contribution in [2.24, 2.45) is 0 Å². The van der Waals surface area contributed by atoms with Crippen LogP contribution < -0.4 is 0 Å². The largest absolute Gasteiger partial charge is 0.508 e. The molecule has 0 heterocycles. The Morgan fingerprint density at radius 2 is 1.76 bits per heavy atom. The van der Waals surface area contributed by atoms with E-state index in [9.17, 15) is 14.7 Å². The molecule has 0 aliphatic rings. The van der Waals surface area contributed by atoms with Crippen LogP contribution in [0.1, 0.15) is 26.3 Å². The highest BCUT2D eigenvalue weighted by Gasteiger charge is 2.12. The van der Waals surface area contributed by atoms with Gasteiger partial charge in [-0.3, -0.25) is 0 Å². The second-order valence-electron chi connectivity index (χ2n) is 4.40. The van der Waals surface area contributed by atoms with Gasteiger partial charge >= 0.3 is 11.9 Å². The lowest BCUT2D eigenvalue weighted by Gasteiger charge is -2.08. The lowest BCUT2D eigenvalue weighted by Crippen LogP contribution is -2.10. The molecule has 0 atom stereocenters. The van der Waals surface area contributed by atoms with Crippen LogP contribution in [0, 0.1) is 0 Å². The van der Waals surface area contributed by atoms with Crippen molar-refractivity contribution in [2.45, 2.75) is 6.42 Å². The average Bonchev–Trinajstić information content (AvgIpc) is 2.48. The van der Waals surface area contributed by atoms with E-state index >= 15 is 0 Å². The molecule has 0 radical (unpaired) electrons. The molecule has 0 bridgehead atoms. The zero-order valence-electron chi connectivity index (χ0n) is 11.2. The second kappa shape index (κ2) is 6.56. The van der Waals surface area contributed by atoms with Crippen molar-refractivity contribution in [3.05, 3.63) is 65.2 Å². The maximum absolute atomic E-state index is 11.7. The Morgan fingerprint density at radius 3 is 2.43 bits per heavy atom. The molecular formula is C16H14O5. The number of ether oxygens (including phenoxy) is 1. The first-order valence-electron chi connectivity index (χ1n) is 6.35. The summed E-state index contributed by atoms with van der Waals surface area (Å²) < 4.78 is 5.09. The number of benzene rings is 2. The molecule has 0 aliphatic heterocycles. The van der Waals surface area contributed by atoms with Gasteiger partial charge in [0, 0.05) is 6.42 Å². The fourth-order valence-electron chi connectivity index (χ4n) is 1.91. The number of rotatable bonds is 5. The van der Waals surface area contributed by atoms with Gasteiger partial charge in [0.1, 0.15) is 5.75 Å². The van der Waals surface area contributed by atoms with E-state index in [2.05, 4.69) is 0 Å². The number of esters is 1. The molecule has 0 saturated carbocycles. The quantitative estimate of drug-likeness (QED) is 0.825. The molecule has 5 heteroatoms. The molecule has 0 fully saturated rings. The molecule has 0 spiro atoms. The van der Waals surface area contributed by atoms with Gasteiger partial charge in [-0.05, 0) is 35.9 Å². The number of carboxylic acid groups (broad SMARTS) is 1. The Kier molecular flexibility index (Phi) is 4.56. The van der Waals surface area contributed by atoms with Gasteiger partial charge in [-0.1, -0.05) is 18.2 Å². The number of phenols is 1. The summed E-state index contributed by atoms with van der Waals surface area (Å²) in [6.45, 7) is 0.0391. The summed E-state index contributed by atoms with van der Waals surface area (Å²) in [7, 11) is 0. The summed E-state index contributed by atoms with van der Waals surface area (Å²) in [5.74, 6) is -1.57. The highest BCUT2D eigenvalue weighted by atomic mass is 16.5. The van der Waals surface area contributed by atoms with Crippen LogP contribution in [0.25, 0.3) is 0 Å². The SMILES string of the molecule is O=C(OCCc1cc(O)ccc1C(=O)O)c1ccccc1. The lowest BCUT2D eigenvalue weighted by molar-refractivity contribution is 0.0509. The number of phenolic OH excluding ortho intramolecular Hbond substituents is 1. The molecule has 0 unspecified atom stereocenters. The number of hydrogen-bond acceptors (Lipinski definition) is 4. The van der Waals surface area contributed by atoms with Gasteiger partial charge in [0.25, 0.3) is 0 Å². The number of aromatic hydroxyl groups is 1. The van der Waals surface area contributed by atoms with E-state index in [0.29, 0.717) is 11.1 Å². The first-order chi connectivity index (χ1) is 10.1. The third-order valence-corrected chi connectivity index (χ3v) is 2.93. The normalized spacial score (nSPS) is 10.1. The van der Waals surface area contributed by atoms with Gasteiger partial charge in [0.05, 0.1) is 17.7 Å². The molecule has 5 nitrogen and oxygen atoms in total. The summed E-state index contributed by atoms with van der Waals surface area (Å²) in [4.78, 5) is 22.8. The van der Waals surface area contributed by atoms with E-state index in [1.165, 1.54) is 18.2 Å². The molecule has 21 heavy (non-hydrogen) atoms. The van der Waals surface area contributed by atoms with Crippen molar-refractivity contribution in [3.63, 3.8) is 0 Å². The molecule has 2 aromatic carbocycles. The third-order valence-electron chi connectivity index (χ3n) is 2.93. The van der Waals surface area contributed by atoms with E-state index in [-0.39, 0.29) is 24.3 Å². The molecule has 0 aliphatic carbocycles. The summed E-state index contributed by atoms with van der Waals surface area (Å²) in [6, 6.07) is 12.5. The molecule has 0 saturated heterocycles. The van der Waals surface area contributed by atoms with Crippen molar-refractivity contribution in [1.82, 2.24) is 0 Å². The highest BCUT2D eigenvalue weighted by molar-refractivity contribution is 5.90. The number of carboxylic acids is 1. The maximum atomic E-state index is 11.7. The number of hydrogen-bond donors (Lipinski definition) is 2. The molecule has 0 amide bonds. The molecule has 108 valence electrons. The smallest absolute Gasteiger partial charge is 0.338 e. The Bertz CT molecular complexity index is 649. The van der Waals surface area contributed by atoms with Crippen LogP contribution in [0.5, 0.6) is 5.75 Å². The van der Waals surface area contributed by atoms with Crippen LogP contribution in [-0.2, 0) is 11.2 Å². The number of carbonyl (C=O) groups is 2. The van der Waals surface area contributed by atoms with Crippen LogP contribution in [-0.4, -0.2) is 28.8 Å². The standard InChI is InChI=1S/C16H14O5/c17-13-6-7-14(15(18)19)12(10-13)8-9-21-16(20)11-4-2-1-3-5-11/h1-7,10,17H,8-9H2,(H,18,19). The summed E-state index contributed by atoms with van der Waals surface area (Å²) in [5.41, 5.74) is 0.943. The minimum Gasteiger partial charge on any atom is -0.508 e. The minimum absolute atomic E-state index is 0.0237. The molecule has 0 aromatic heterocycles. The first kappa shape index (κ1) is 14.6. The maximum Gasteiger partial charge on any atom is 0.338 e. The number of carbonyl (C=O) groups excluding carboxylic acids is 1. The molecule has 2 N–H and O–H groups in total. The average molecular weight is 286 g/mol. The molecular weight excluding hydrogens is 272 g/mol. The molecule has 2 aromatic rings. The van der Waals surface area contributed by atoms with Gasteiger partial charge in [-0.2, -0.15) is 0 Å². The van der Waals surface area contributed by atoms with Gasteiger partial charge in [-0.15, -0.1) is 0 Å². The van der Waals surface area contributed by atoms with Gasteiger partial charge in [0.15, 0.2) is 0 Å². The Balaban J connectivity index is 1.99. The fraction of sp³-hybridized carbons (Fsp3) is 0.125. The predicted octanol–water partition coefficient (Wildman–Crippen LogP) is 2.49. The first-order valence-corrected chi connectivity index (χ1v) is 6.35. The fourth-order valence-corrected chi connectivity index (χ4v) is 1.91. The monoisotopic (exact) mass is 286 g/mol. The van der Waals surface area contributed by atoms with Crippen molar-refractivity contribution >= 4 is 11.9 Å².